The van der Waals surface area contributed by atoms with Gasteiger partial charge in [-0.15, -0.1) is 11.3 Å². The Bertz CT molecular complexity index is 377. The third-order valence-corrected chi connectivity index (χ3v) is 2.31. The number of aromatic nitrogens is 1. The first-order valence-electron chi connectivity index (χ1n) is 3.35. The molecule has 0 aliphatic heterocycles. The van der Waals surface area contributed by atoms with Crippen LogP contribution in [0.4, 0.5) is 0 Å². The average molecular weight is 179 g/mol. The topological polar surface area (TPSA) is 43.1 Å². The number of aldehydes is 1. The third-order valence-electron chi connectivity index (χ3n) is 1.37. The molecule has 0 bridgehead atoms. The molecule has 60 valence electrons. The number of hydrogen-bond donors (Lipinski definition) is 0. The normalized spacial score (nSPS) is 10.0. The largest absolute Gasteiger partial charge is 0.462 e. The van der Waals surface area contributed by atoms with E-state index in [4.69, 9.17) is 4.42 Å². The summed E-state index contributed by atoms with van der Waals surface area (Å²) in [5.41, 5.74) is 0. The smallest absolute Gasteiger partial charge is 0.162 e. The third kappa shape index (κ3) is 1.16. The van der Waals surface area contributed by atoms with Gasteiger partial charge in [-0.1, -0.05) is 0 Å². The number of carbonyl (C=O) groups is 1. The van der Waals surface area contributed by atoms with Gasteiger partial charge in [-0.2, -0.15) is 0 Å². The summed E-state index contributed by atoms with van der Waals surface area (Å²) in [6, 6.07) is 3.60. The van der Waals surface area contributed by atoms with Crippen molar-refractivity contribution in [3.8, 4) is 10.8 Å². The van der Waals surface area contributed by atoms with Crippen molar-refractivity contribution >= 4 is 17.6 Å². The minimum Gasteiger partial charge on any atom is -0.462 e. The van der Waals surface area contributed by atoms with Crippen molar-refractivity contribution in [3.05, 3.63) is 29.5 Å². The van der Waals surface area contributed by atoms with Gasteiger partial charge < -0.3 is 4.42 Å². The molecule has 2 rings (SSSR count). The number of furan rings is 1. The number of nitrogens with zero attached hydrogens (tertiary/aromatic N) is 1. The van der Waals surface area contributed by atoms with Crippen LogP contribution in [0.1, 0.15) is 9.67 Å². The van der Waals surface area contributed by atoms with Crippen molar-refractivity contribution in [2.24, 2.45) is 0 Å². The summed E-state index contributed by atoms with van der Waals surface area (Å²) in [5, 5.41) is 0.738. The van der Waals surface area contributed by atoms with Crippen molar-refractivity contribution < 1.29 is 9.21 Å². The van der Waals surface area contributed by atoms with E-state index in [1.807, 2.05) is 6.07 Å². The standard InChI is InChI=1S/C8H5NO2S/c10-5-6-4-9-8(12-6)7-2-1-3-11-7/h1-5H. The number of rotatable bonds is 2. The van der Waals surface area contributed by atoms with E-state index >= 15 is 0 Å². The van der Waals surface area contributed by atoms with Crippen LogP contribution >= 0.6 is 11.3 Å². The van der Waals surface area contributed by atoms with Crippen LogP contribution in [0.3, 0.4) is 0 Å². The van der Waals surface area contributed by atoms with E-state index in [9.17, 15) is 4.79 Å². The molecule has 0 atom stereocenters. The lowest BCUT2D eigenvalue weighted by Crippen LogP contribution is -1.65. The highest BCUT2D eigenvalue weighted by molar-refractivity contribution is 7.16. The SMILES string of the molecule is O=Cc1cnc(-c2ccco2)s1. The Morgan fingerprint density at radius 1 is 1.58 bits per heavy atom. The van der Waals surface area contributed by atoms with Crippen molar-refractivity contribution in [1.29, 1.82) is 0 Å². The van der Waals surface area contributed by atoms with Crippen LogP contribution in [0.2, 0.25) is 0 Å². The first-order valence-corrected chi connectivity index (χ1v) is 4.16. The lowest BCUT2D eigenvalue weighted by atomic mass is 10.5. The fraction of sp³-hybridized carbons (Fsp3) is 0. The molecular weight excluding hydrogens is 174 g/mol. The molecule has 0 spiro atoms. The summed E-state index contributed by atoms with van der Waals surface area (Å²) in [7, 11) is 0. The molecule has 12 heavy (non-hydrogen) atoms. The maximum Gasteiger partial charge on any atom is 0.162 e. The second-order valence-electron chi connectivity index (χ2n) is 2.16. The van der Waals surface area contributed by atoms with Gasteiger partial charge in [0.2, 0.25) is 0 Å². The van der Waals surface area contributed by atoms with Crippen molar-refractivity contribution in [1.82, 2.24) is 4.98 Å². The zero-order valence-electron chi connectivity index (χ0n) is 6.06. The van der Waals surface area contributed by atoms with Gasteiger partial charge in [0, 0.05) is 6.20 Å². The molecule has 2 aromatic heterocycles. The molecule has 0 N–H and O–H groups in total. The van der Waals surface area contributed by atoms with E-state index in [2.05, 4.69) is 4.98 Å². The molecule has 0 unspecified atom stereocenters. The van der Waals surface area contributed by atoms with E-state index in [1.165, 1.54) is 17.5 Å². The Kier molecular flexibility index (Phi) is 1.75. The van der Waals surface area contributed by atoms with Crippen LogP contribution in [0.15, 0.2) is 29.0 Å². The van der Waals surface area contributed by atoms with Crippen LogP contribution in [0, 0.1) is 0 Å². The molecule has 0 aliphatic rings. The summed E-state index contributed by atoms with van der Waals surface area (Å²) in [5.74, 6) is 0.702. The molecular formula is C8H5NO2S. The maximum atomic E-state index is 10.3. The lowest BCUT2D eigenvalue weighted by Gasteiger charge is -1.84. The van der Waals surface area contributed by atoms with Crippen LogP contribution in [-0.4, -0.2) is 11.3 Å². The number of thiazole rings is 1. The van der Waals surface area contributed by atoms with Gasteiger partial charge in [-0.3, -0.25) is 4.79 Å². The van der Waals surface area contributed by atoms with E-state index in [1.54, 1.807) is 12.3 Å². The zero-order chi connectivity index (χ0) is 8.39. The summed E-state index contributed by atoms with van der Waals surface area (Å²) >= 11 is 1.32. The highest BCUT2D eigenvalue weighted by Crippen LogP contribution is 2.23. The lowest BCUT2D eigenvalue weighted by molar-refractivity contribution is 0.112. The molecule has 0 radical (unpaired) electrons. The Morgan fingerprint density at radius 3 is 3.08 bits per heavy atom. The summed E-state index contributed by atoms with van der Waals surface area (Å²) in [6.45, 7) is 0. The maximum absolute atomic E-state index is 10.3. The second kappa shape index (κ2) is 2.91. The second-order valence-corrected chi connectivity index (χ2v) is 3.23. The van der Waals surface area contributed by atoms with Gasteiger partial charge in [-0.05, 0) is 12.1 Å². The molecule has 0 amide bonds. The summed E-state index contributed by atoms with van der Waals surface area (Å²) in [6.07, 6.45) is 3.90. The molecule has 2 heterocycles. The molecule has 2 aromatic rings. The number of hydrogen-bond acceptors (Lipinski definition) is 4. The van der Waals surface area contributed by atoms with E-state index in [0.717, 1.165) is 11.3 Å². The molecule has 0 aromatic carbocycles. The van der Waals surface area contributed by atoms with Gasteiger partial charge in [-0.25, -0.2) is 4.98 Å². The first kappa shape index (κ1) is 7.24. The highest BCUT2D eigenvalue weighted by Gasteiger charge is 2.05. The van der Waals surface area contributed by atoms with Crippen molar-refractivity contribution in [3.63, 3.8) is 0 Å². The highest BCUT2D eigenvalue weighted by atomic mass is 32.1. The van der Waals surface area contributed by atoms with Crippen LogP contribution < -0.4 is 0 Å². The van der Waals surface area contributed by atoms with Crippen LogP contribution in [0.25, 0.3) is 10.8 Å². The summed E-state index contributed by atoms with van der Waals surface area (Å²) < 4.78 is 5.11. The minimum atomic E-state index is 0.612. The predicted molar refractivity (Wildman–Crippen MR) is 45.2 cm³/mol. The van der Waals surface area contributed by atoms with Crippen LogP contribution in [-0.2, 0) is 0 Å². The molecule has 0 saturated carbocycles. The van der Waals surface area contributed by atoms with E-state index in [0.29, 0.717) is 10.6 Å². The van der Waals surface area contributed by atoms with Gasteiger partial charge in [0.15, 0.2) is 17.1 Å². The summed E-state index contributed by atoms with van der Waals surface area (Å²) in [4.78, 5) is 15.0. The van der Waals surface area contributed by atoms with Crippen molar-refractivity contribution in [2.45, 2.75) is 0 Å². The fourth-order valence-electron chi connectivity index (χ4n) is 0.855. The molecule has 0 aliphatic carbocycles. The Balaban J connectivity index is 2.41. The van der Waals surface area contributed by atoms with Gasteiger partial charge in [0.25, 0.3) is 0 Å². The number of carbonyl (C=O) groups excluding carboxylic acids is 1. The van der Waals surface area contributed by atoms with Crippen molar-refractivity contribution in [2.75, 3.05) is 0 Å². The van der Waals surface area contributed by atoms with Gasteiger partial charge in [0.1, 0.15) is 0 Å². The van der Waals surface area contributed by atoms with Crippen LogP contribution in [0.5, 0.6) is 0 Å². The van der Waals surface area contributed by atoms with Gasteiger partial charge in [0.05, 0.1) is 11.1 Å². The zero-order valence-corrected chi connectivity index (χ0v) is 6.88. The molecule has 4 heteroatoms. The quantitative estimate of drug-likeness (QED) is 0.664. The predicted octanol–water partition coefficient (Wildman–Crippen LogP) is 2.22. The Hall–Kier alpha value is -1.42. The molecule has 3 nitrogen and oxygen atoms in total. The monoisotopic (exact) mass is 179 g/mol. The van der Waals surface area contributed by atoms with E-state index in [-0.39, 0.29) is 0 Å². The Labute approximate surface area is 72.7 Å². The molecule has 0 saturated heterocycles. The van der Waals surface area contributed by atoms with Gasteiger partial charge >= 0.3 is 0 Å². The van der Waals surface area contributed by atoms with E-state index < -0.39 is 0 Å². The first-order chi connectivity index (χ1) is 5.90. The molecule has 0 fully saturated rings. The fourth-order valence-corrected chi connectivity index (χ4v) is 1.55. The average Bonchev–Trinajstić information content (AvgIpc) is 2.75. The Morgan fingerprint density at radius 2 is 2.50 bits per heavy atom. The minimum absolute atomic E-state index is 0.612.